The van der Waals surface area contributed by atoms with Gasteiger partial charge in [-0.2, -0.15) is 0 Å². The van der Waals surface area contributed by atoms with Gasteiger partial charge in [0.05, 0.1) is 31.7 Å². The maximum Gasteiger partial charge on any atom is 0.228 e. The zero-order valence-corrected chi connectivity index (χ0v) is 14.7. The number of amides is 1. The molecule has 0 spiro atoms. The van der Waals surface area contributed by atoms with Crippen molar-refractivity contribution in [1.29, 1.82) is 0 Å². The molecule has 0 bridgehead atoms. The first kappa shape index (κ1) is 18.2. The van der Waals surface area contributed by atoms with Crippen LogP contribution in [0.1, 0.15) is 6.42 Å². The van der Waals surface area contributed by atoms with Crippen LogP contribution in [0.3, 0.4) is 0 Å². The van der Waals surface area contributed by atoms with Crippen molar-refractivity contribution >= 4 is 34.0 Å². The summed E-state index contributed by atoms with van der Waals surface area (Å²) in [6.45, 7) is 8.09. The number of alkyl halides is 1. The summed E-state index contributed by atoms with van der Waals surface area (Å²) in [6.07, 6.45) is 2.19. The number of phenolic OH excluding ortho intramolecular Hbond substituents is 1. The van der Waals surface area contributed by atoms with Crippen molar-refractivity contribution in [1.82, 2.24) is 10.3 Å². The number of pyridine rings is 1. The summed E-state index contributed by atoms with van der Waals surface area (Å²) >= 11 is 5.56. The molecule has 1 aliphatic heterocycles. The summed E-state index contributed by atoms with van der Waals surface area (Å²) in [5.74, 6) is 0.368. The van der Waals surface area contributed by atoms with E-state index < -0.39 is 0 Å². The van der Waals surface area contributed by atoms with Crippen LogP contribution in [0.25, 0.3) is 15.6 Å². The number of nitrogens with zero attached hydrogens (tertiary/aromatic N) is 2. The molecule has 136 valence electrons. The summed E-state index contributed by atoms with van der Waals surface area (Å²) in [5, 5.41) is 14.2. The van der Waals surface area contributed by atoms with Gasteiger partial charge >= 0.3 is 0 Å². The van der Waals surface area contributed by atoms with E-state index in [-0.39, 0.29) is 35.9 Å². The number of rotatable bonds is 7. The zero-order chi connectivity index (χ0) is 18.5. The lowest BCUT2D eigenvalue weighted by Gasteiger charge is -2.13. The first-order valence-corrected chi connectivity index (χ1v) is 8.72. The van der Waals surface area contributed by atoms with Crippen molar-refractivity contribution in [2.24, 2.45) is 5.92 Å². The van der Waals surface area contributed by atoms with Gasteiger partial charge in [-0.15, -0.1) is 11.6 Å². The smallest absolute Gasteiger partial charge is 0.228 e. The minimum absolute atomic E-state index is 0.0570. The molecule has 1 amide bonds. The Labute approximate surface area is 155 Å². The van der Waals surface area contributed by atoms with Crippen molar-refractivity contribution < 1.29 is 19.4 Å². The molecule has 2 atom stereocenters. The lowest BCUT2D eigenvalue weighted by Crippen LogP contribution is -2.31. The molecule has 0 radical (unpaired) electrons. The monoisotopic (exact) mass is 375 g/mol. The van der Waals surface area contributed by atoms with Gasteiger partial charge in [0.2, 0.25) is 17.5 Å². The molecule has 1 aromatic carbocycles. The number of aromatic nitrogens is 1. The lowest BCUT2D eigenvalue weighted by molar-refractivity contribution is -0.124. The van der Waals surface area contributed by atoms with E-state index in [4.69, 9.17) is 27.6 Å². The van der Waals surface area contributed by atoms with E-state index in [0.29, 0.717) is 36.8 Å². The number of carbonyl (C=O) groups is 1. The first-order valence-electron chi connectivity index (χ1n) is 8.18. The van der Waals surface area contributed by atoms with Gasteiger partial charge in [0.25, 0.3) is 0 Å². The Morgan fingerprint density at radius 3 is 3.04 bits per heavy atom. The Morgan fingerprint density at radius 2 is 2.27 bits per heavy atom. The van der Waals surface area contributed by atoms with Crippen molar-refractivity contribution in [2.75, 3.05) is 25.7 Å². The topological polar surface area (TPSA) is 85.0 Å². The fourth-order valence-electron chi connectivity index (χ4n) is 2.92. The van der Waals surface area contributed by atoms with Crippen LogP contribution in [0.15, 0.2) is 24.4 Å². The van der Waals surface area contributed by atoms with E-state index in [1.54, 1.807) is 18.3 Å². The normalized spacial score (nSPS) is 19.3. The molecule has 26 heavy (non-hydrogen) atoms. The van der Waals surface area contributed by atoms with Crippen LogP contribution in [0, 0.1) is 12.5 Å². The minimum Gasteiger partial charge on any atom is -0.519 e. The van der Waals surface area contributed by atoms with Gasteiger partial charge in [-0.3, -0.25) is 4.79 Å². The summed E-state index contributed by atoms with van der Waals surface area (Å²) in [5.41, 5.74) is 0.178. The SMILES string of the molecule is [C-]#[N+]c1cc2ccnc(OC[C@@H]3C[C@H](COCCCl)C(=O)N3)c2cc1O. The van der Waals surface area contributed by atoms with Gasteiger partial charge in [0, 0.05) is 17.5 Å². The lowest BCUT2D eigenvalue weighted by atomic mass is 10.1. The molecular formula is C18H18ClN3O4. The quantitative estimate of drug-likeness (QED) is 0.441. The highest BCUT2D eigenvalue weighted by Gasteiger charge is 2.32. The zero-order valence-electron chi connectivity index (χ0n) is 13.9. The second-order valence-corrected chi connectivity index (χ2v) is 6.38. The van der Waals surface area contributed by atoms with E-state index in [0.717, 1.165) is 5.39 Å². The molecular weight excluding hydrogens is 358 g/mol. The molecule has 1 fully saturated rings. The maximum absolute atomic E-state index is 12.0. The number of halogens is 1. The number of carbonyl (C=O) groups excluding carboxylic acids is 1. The van der Waals surface area contributed by atoms with E-state index in [9.17, 15) is 9.90 Å². The number of phenols is 1. The number of aromatic hydroxyl groups is 1. The summed E-state index contributed by atoms with van der Waals surface area (Å²) < 4.78 is 11.1. The van der Waals surface area contributed by atoms with E-state index in [1.165, 1.54) is 6.07 Å². The first-order chi connectivity index (χ1) is 12.6. The third kappa shape index (κ3) is 3.98. The van der Waals surface area contributed by atoms with Gasteiger partial charge in [-0.25, -0.2) is 9.83 Å². The van der Waals surface area contributed by atoms with Crippen LogP contribution in [0.2, 0.25) is 0 Å². The molecule has 2 aromatic rings. The number of benzene rings is 1. The van der Waals surface area contributed by atoms with Crippen molar-refractivity contribution in [3.8, 4) is 11.6 Å². The average Bonchev–Trinajstić information content (AvgIpc) is 2.99. The van der Waals surface area contributed by atoms with E-state index in [2.05, 4.69) is 15.1 Å². The van der Waals surface area contributed by atoms with Crippen molar-refractivity contribution in [3.63, 3.8) is 0 Å². The van der Waals surface area contributed by atoms with Gasteiger partial charge in [0.1, 0.15) is 12.4 Å². The second kappa shape index (κ2) is 8.21. The van der Waals surface area contributed by atoms with Crippen LogP contribution in [-0.2, 0) is 9.53 Å². The molecule has 1 saturated heterocycles. The molecule has 3 rings (SSSR count). The Kier molecular flexibility index (Phi) is 5.76. The van der Waals surface area contributed by atoms with Gasteiger partial charge < -0.3 is 19.9 Å². The number of ether oxygens (including phenoxy) is 2. The minimum atomic E-state index is -0.211. The molecule has 0 aliphatic carbocycles. The summed E-state index contributed by atoms with van der Waals surface area (Å²) in [7, 11) is 0. The highest BCUT2D eigenvalue weighted by molar-refractivity contribution is 6.17. The van der Waals surface area contributed by atoms with Gasteiger partial charge in [-0.05, 0) is 30.0 Å². The van der Waals surface area contributed by atoms with Crippen LogP contribution in [0.4, 0.5) is 5.69 Å². The molecule has 2 N–H and O–H groups in total. The van der Waals surface area contributed by atoms with E-state index >= 15 is 0 Å². The van der Waals surface area contributed by atoms with Crippen LogP contribution in [-0.4, -0.2) is 47.7 Å². The standard InChI is InChI=1S/C18H18ClN3O4/c1-20-15-7-11-2-4-21-18(14(11)8-16(15)23)26-10-13-6-12(17(24)22-13)9-25-5-3-19/h2,4,7-8,12-13,23H,3,5-6,9-10H2,(H,22,24)/t12-,13+/m1/s1. The third-order valence-electron chi connectivity index (χ3n) is 4.19. The number of hydrogen-bond donors (Lipinski definition) is 2. The highest BCUT2D eigenvalue weighted by atomic mass is 35.5. The molecule has 0 unspecified atom stereocenters. The Hall–Kier alpha value is -2.56. The number of hydrogen-bond acceptors (Lipinski definition) is 5. The molecule has 7 nitrogen and oxygen atoms in total. The Bertz CT molecular complexity index is 852. The van der Waals surface area contributed by atoms with Crippen molar-refractivity contribution in [3.05, 3.63) is 35.8 Å². The molecule has 8 heteroatoms. The van der Waals surface area contributed by atoms with Crippen LogP contribution >= 0.6 is 11.6 Å². The largest absolute Gasteiger partial charge is 0.519 e. The summed E-state index contributed by atoms with van der Waals surface area (Å²) in [4.78, 5) is 19.4. The predicted octanol–water partition coefficient (Wildman–Crippen LogP) is 2.63. The predicted molar refractivity (Wildman–Crippen MR) is 96.7 cm³/mol. The molecule has 2 heterocycles. The average molecular weight is 376 g/mol. The Morgan fingerprint density at radius 1 is 1.42 bits per heavy atom. The van der Waals surface area contributed by atoms with Crippen LogP contribution in [0.5, 0.6) is 11.6 Å². The molecule has 0 saturated carbocycles. The fourth-order valence-corrected chi connectivity index (χ4v) is 3.03. The van der Waals surface area contributed by atoms with Crippen molar-refractivity contribution in [2.45, 2.75) is 12.5 Å². The molecule has 1 aromatic heterocycles. The number of fused-ring (bicyclic) bond motifs is 1. The fraction of sp³-hybridized carbons (Fsp3) is 0.389. The van der Waals surface area contributed by atoms with Gasteiger partial charge in [0.15, 0.2) is 0 Å². The summed E-state index contributed by atoms with van der Waals surface area (Å²) in [6, 6.07) is 4.67. The highest BCUT2D eigenvalue weighted by Crippen LogP contribution is 2.35. The van der Waals surface area contributed by atoms with E-state index in [1.807, 2.05) is 0 Å². The second-order valence-electron chi connectivity index (χ2n) is 6.00. The Balaban J connectivity index is 1.66. The molecule has 1 aliphatic rings. The van der Waals surface area contributed by atoms with Gasteiger partial charge in [-0.1, -0.05) is 0 Å². The van der Waals surface area contributed by atoms with Crippen LogP contribution < -0.4 is 10.1 Å². The third-order valence-corrected chi connectivity index (χ3v) is 4.35. The number of nitrogens with one attached hydrogen (secondary N) is 1. The maximum atomic E-state index is 12.0.